The van der Waals surface area contributed by atoms with Gasteiger partial charge in [-0.1, -0.05) is 124 Å². The van der Waals surface area contributed by atoms with Crippen LogP contribution in [0.15, 0.2) is 72.8 Å². The molecule has 0 unspecified atom stereocenters. The van der Waals surface area contributed by atoms with Crippen molar-refractivity contribution in [3.8, 4) is 22.9 Å². The van der Waals surface area contributed by atoms with Crippen molar-refractivity contribution in [3.05, 3.63) is 83.9 Å². The van der Waals surface area contributed by atoms with Gasteiger partial charge in [0, 0.05) is 11.1 Å². The zero-order valence-electron chi connectivity index (χ0n) is 21.9. The van der Waals surface area contributed by atoms with Gasteiger partial charge in [-0.15, -0.1) is 11.1 Å². The summed E-state index contributed by atoms with van der Waals surface area (Å²) in [5.74, 6) is 7.34. The standard InChI is InChI=1S/C34H30Si2/c1-35(2,3)21-19-27-23-11-7-9-13-25(23)29-16-18-32-28(20-22-36(4,5)6)24-12-8-10-14-26(24)30-15-17-31(27)33(29)34(30)32/h7-18H,1-6H3. The number of fused-ring (bicyclic) bond motifs is 4. The molecule has 0 fully saturated rings. The third-order valence-corrected chi connectivity index (χ3v) is 8.55. The first-order chi connectivity index (χ1) is 17.1. The Morgan fingerprint density at radius 2 is 0.722 bits per heavy atom. The van der Waals surface area contributed by atoms with Crippen LogP contribution in [0.2, 0.25) is 39.3 Å². The van der Waals surface area contributed by atoms with Gasteiger partial charge in [0.2, 0.25) is 0 Å². The number of rotatable bonds is 0. The lowest BCUT2D eigenvalue weighted by atomic mass is 9.84. The maximum absolute atomic E-state index is 3.67. The summed E-state index contributed by atoms with van der Waals surface area (Å²) in [6.45, 7) is 13.9. The van der Waals surface area contributed by atoms with Gasteiger partial charge >= 0.3 is 0 Å². The molecule has 0 bridgehead atoms. The highest BCUT2D eigenvalue weighted by Crippen LogP contribution is 2.44. The van der Waals surface area contributed by atoms with E-state index in [1.807, 2.05) is 0 Å². The molecule has 0 nitrogen and oxygen atoms in total. The lowest BCUT2D eigenvalue weighted by Crippen LogP contribution is -2.16. The van der Waals surface area contributed by atoms with E-state index in [-0.39, 0.29) is 0 Å². The van der Waals surface area contributed by atoms with Crippen LogP contribution in [-0.2, 0) is 0 Å². The second-order valence-electron chi connectivity index (χ2n) is 11.9. The first-order valence-corrected chi connectivity index (χ1v) is 19.7. The molecule has 0 aromatic heterocycles. The quantitative estimate of drug-likeness (QED) is 0.0854. The van der Waals surface area contributed by atoms with E-state index in [1.165, 1.54) is 53.9 Å². The van der Waals surface area contributed by atoms with Crippen molar-refractivity contribution < 1.29 is 0 Å². The van der Waals surface area contributed by atoms with Gasteiger partial charge in [-0.2, -0.15) is 0 Å². The highest BCUT2D eigenvalue weighted by Gasteiger charge is 2.19. The molecular formula is C34H30Si2. The molecule has 6 aromatic rings. The van der Waals surface area contributed by atoms with Crippen LogP contribution in [0.1, 0.15) is 11.1 Å². The Hall–Kier alpha value is -3.57. The number of hydrogen-bond acceptors (Lipinski definition) is 0. The zero-order valence-corrected chi connectivity index (χ0v) is 23.9. The van der Waals surface area contributed by atoms with Crippen LogP contribution < -0.4 is 0 Å². The van der Waals surface area contributed by atoms with Crippen molar-refractivity contribution in [1.29, 1.82) is 0 Å². The topological polar surface area (TPSA) is 0 Å². The van der Waals surface area contributed by atoms with Gasteiger partial charge < -0.3 is 0 Å². The van der Waals surface area contributed by atoms with E-state index in [1.54, 1.807) is 0 Å². The minimum Gasteiger partial charge on any atom is -0.127 e. The molecule has 0 N–H and O–H groups in total. The van der Waals surface area contributed by atoms with Crippen LogP contribution in [0.4, 0.5) is 0 Å². The smallest absolute Gasteiger partial charge is 0.127 e. The fourth-order valence-electron chi connectivity index (χ4n) is 5.29. The first kappa shape index (κ1) is 22.9. The van der Waals surface area contributed by atoms with Crippen molar-refractivity contribution in [3.63, 3.8) is 0 Å². The fraction of sp³-hybridized carbons (Fsp3) is 0.176. The number of hydrogen-bond donors (Lipinski definition) is 0. The van der Waals surface area contributed by atoms with Gasteiger partial charge in [0.15, 0.2) is 0 Å². The summed E-state index contributed by atoms with van der Waals surface area (Å²) >= 11 is 0. The molecule has 6 rings (SSSR count). The largest absolute Gasteiger partial charge is 0.129 e. The second kappa shape index (κ2) is 7.97. The van der Waals surface area contributed by atoms with Crippen LogP contribution >= 0.6 is 0 Å². The highest BCUT2D eigenvalue weighted by atomic mass is 28.3. The van der Waals surface area contributed by atoms with Crippen molar-refractivity contribution in [2.45, 2.75) is 39.3 Å². The second-order valence-corrected chi connectivity index (χ2v) is 21.4. The molecule has 0 spiro atoms. The molecule has 174 valence electrons. The Balaban J connectivity index is 1.89. The molecule has 0 saturated heterocycles. The lowest BCUT2D eigenvalue weighted by molar-refractivity contribution is 1.74. The highest BCUT2D eigenvalue weighted by molar-refractivity contribution is 6.84. The SMILES string of the molecule is C[Si](C)(C)C#Cc1c2ccccc2c2ccc3c(C#C[Si](C)(C)C)c4ccccc4c4ccc1c2c34. The summed E-state index contributed by atoms with van der Waals surface area (Å²) < 4.78 is 0. The molecule has 0 aliphatic heterocycles. The third-order valence-electron chi connectivity index (χ3n) is 6.80. The molecule has 0 radical (unpaired) electrons. The molecule has 36 heavy (non-hydrogen) atoms. The maximum atomic E-state index is 3.67. The Labute approximate surface area is 215 Å². The predicted octanol–water partition coefficient (Wildman–Crippen LogP) is 9.35. The average Bonchev–Trinajstić information content (AvgIpc) is 2.84. The molecule has 0 aliphatic rings. The van der Waals surface area contributed by atoms with Crippen molar-refractivity contribution in [2.75, 3.05) is 0 Å². The maximum Gasteiger partial charge on any atom is 0.129 e. The summed E-state index contributed by atoms with van der Waals surface area (Å²) in [4.78, 5) is 0. The van der Waals surface area contributed by atoms with Gasteiger partial charge in [0.05, 0.1) is 0 Å². The summed E-state index contributed by atoms with van der Waals surface area (Å²) in [5.41, 5.74) is 9.64. The van der Waals surface area contributed by atoms with E-state index in [0.717, 1.165) is 11.1 Å². The van der Waals surface area contributed by atoms with E-state index in [9.17, 15) is 0 Å². The van der Waals surface area contributed by atoms with E-state index in [4.69, 9.17) is 0 Å². The molecule has 6 aromatic carbocycles. The van der Waals surface area contributed by atoms with Crippen molar-refractivity contribution in [2.24, 2.45) is 0 Å². The van der Waals surface area contributed by atoms with Crippen LogP contribution in [0, 0.1) is 22.9 Å². The molecule has 0 heterocycles. The minimum absolute atomic E-state index is 1.16. The van der Waals surface area contributed by atoms with Crippen LogP contribution in [0.25, 0.3) is 53.9 Å². The van der Waals surface area contributed by atoms with Gasteiger partial charge in [0.1, 0.15) is 16.1 Å². The van der Waals surface area contributed by atoms with Gasteiger partial charge in [-0.3, -0.25) is 0 Å². The van der Waals surface area contributed by atoms with Crippen LogP contribution in [0.3, 0.4) is 0 Å². The molecule has 0 atom stereocenters. The zero-order chi connectivity index (χ0) is 25.2. The Bertz CT molecular complexity index is 1810. The molecule has 0 aliphatic carbocycles. The Kier molecular flexibility index (Phi) is 5.06. The number of benzene rings is 6. The van der Waals surface area contributed by atoms with Gasteiger partial charge in [-0.25, -0.2) is 0 Å². The summed E-state index contributed by atoms with van der Waals surface area (Å²) in [6.07, 6.45) is 0. The summed E-state index contributed by atoms with van der Waals surface area (Å²) in [7, 11) is -3.08. The summed E-state index contributed by atoms with van der Waals surface area (Å²) in [6, 6.07) is 26.8. The molecule has 0 amide bonds. The third kappa shape index (κ3) is 3.70. The summed E-state index contributed by atoms with van der Waals surface area (Å²) in [5, 5.41) is 12.8. The van der Waals surface area contributed by atoms with E-state index in [0.29, 0.717) is 0 Å². The van der Waals surface area contributed by atoms with Crippen LogP contribution in [-0.4, -0.2) is 16.1 Å². The van der Waals surface area contributed by atoms with Crippen molar-refractivity contribution >= 4 is 70.0 Å². The Morgan fingerprint density at radius 3 is 1.08 bits per heavy atom. The predicted molar refractivity (Wildman–Crippen MR) is 166 cm³/mol. The average molecular weight is 495 g/mol. The van der Waals surface area contributed by atoms with Gasteiger partial charge in [0.25, 0.3) is 0 Å². The van der Waals surface area contributed by atoms with Crippen LogP contribution in [0.5, 0.6) is 0 Å². The van der Waals surface area contributed by atoms with Gasteiger partial charge in [-0.05, 0) is 53.9 Å². The molecule has 2 heteroatoms. The lowest BCUT2D eigenvalue weighted by Gasteiger charge is -2.18. The van der Waals surface area contributed by atoms with Crippen molar-refractivity contribution in [1.82, 2.24) is 0 Å². The molecular weight excluding hydrogens is 465 g/mol. The fourth-order valence-corrected chi connectivity index (χ4v) is 6.29. The van der Waals surface area contributed by atoms with E-state index in [2.05, 4.69) is 135 Å². The molecule has 0 saturated carbocycles. The van der Waals surface area contributed by atoms with E-state index >= 15 is 0 Å². The minimum atomic E-state index is -1.54. The normalized spacial score (nSPS) is 12.3. The van der Waals surface area contributed by atoms with E-state index < -0.39 is 16.1 Å². The monoisotopic (exact) mass is 494 g/mol. The first-order valence-electron chi connectivity index (χ1n) is 12.7. The Morgan fingerprint density at radius 1 is 0.389 bits per heavy atom.